The van der Waals surface area contributed by atoms with Gasteiger partial charge < -0.3 is 10.2 Å². The van der Waals surface area contributed by atoms with Gasteiger partial charge in [0.15, 0.2) is 0 Å². The first-order valence-electron chi connectivity index (χ1n) is 13.4. The van der Waals surface area contributed by atoms with Crippen LogP contribution in [0.3, 0.4) is 0 Å². The van der Waals surface area contributed by atoms with Crippen molar-refractivity contribution in [2.45, 2.75) is 118 Å². The molecule has 186 valence electrons. The van der Waals surface area contributed by atoms with E-state index in [9.17, 15) is 15.0 Å². The normalized spacial score (nSPS) is 45.9. The number of aliphatic hydroxyl groups is 2. The zero-order chi connectivity index (χ0) is 24.6. The van der Waals surface area contributed by atoms with Crippen molar-refractivity contribution in [3.63, 3.8) is 0 Å². The molecule has 0 radical (unpaired) electrons. The van der Waals surface area contributed by atoms with Gasteiger partial charge in [0, 0.05) is 17.3 Å². The molecule has 3 saturated carbocycles. The molecule has 0 aromatic carbocycles. The van der Waals surface area contributed by atoms with Crippen molar-refractivity contribution in [1.82, 2.24) is 0 Å². The third kappa shape index (κ3) is 3.39. The summed E-state index contributed by atoms with van der Waals surface area (Å²) in [6.45, 7) is 17.6. The van der Waals surface area contributed by atoms with E-state index in [1.54, 1.807) is 0 Å². The zero-order valence-electron chi connectivity index (χ0n) is 22.4. The van der Waals surface area contributed by atoms with Gasteiger partial charge in [-0.25, -0.2) is 0 Å². The summed E-state index contributed by atoms with van der Waals surface area (Å²) in [6, 6.07) is 0. The maximum atomic E-state index is 14.2. The molecule has 2 N–H and O–H groups in total. The largest absolute Gasteiger partial charge is 0.392 e. The molecular weight excluding hydrogens is 408 g/mol. The predicted octanol–water partition coefficient (Wildman–Crippen LogP) is 6.63. The average molecular weight is 457 g/mol. The first-order valence-corrected chi connectivity index (χ1v) is 13.4. The molecule has 0 saturated heterocycles. The Morgan fingerprint density at radius 1 is 1.12 bits per heavy atom. The molecule has 3 heteroatoms. The van der Waals surface area contributed by atoms with Crippen molar-refractivity contribution in [2.24, 2.45) is 39.4 Å². The monoisotopic (exact) mass is 456 g/mol. The van der Waals surface area contributed by atoms with Crippen LogP contribution in [0, 0.1) is 39.4 Å². The van der Waals surface area contributed by atoms with E-state index in [-0.39, 0.29) is 39.6 Å². The number of hydrogen-bond donors (Lipinski definition) is 2. The molecule has 3 fully saturated rings. The quantitative estimate of drug-likeness (QED) is 0.467. The topological polar surface area (TPSA) is 57.5 Å². The van der Waals surface area contributed by atoms with Crippen LogP contribution in [0.15, 0.2) is 23.3 Å². The van der Waals surface area contributed by atoms with Crippen LogP contribution in [0.2, 0.25) is 0 Å². The Bertz CT molecular complexity index is 875. The first-order chi connectivity index (χ1) is 15.1. The van der Waals surface area contributed by atoms with Gasteiger partial charge in [-0.05, 0) is 94.3 Å². The van der Waals surface area contributed by atoms with E-state index in [0.29, 0.717) is 18.1 Å². The van der Waals surface area contributed by atoms with Gasteiger partial charge in [-0.1, -0.05) is 57.9 Å². The second-order valence-electron chi connectivity index (χ2n) is 13.8. The fraction of sp³-hybridized carbons (Fsp3) is 0.833. The van der Waals surface area contributed by atoms with Crippen molar-refractivity contribution in [3.05, 3.63) is 23.3 Å². The van der Waals surface area contributed by atoms with E-state index in [4.69, 9.17) is 0 Å². The molecule has 4 aliphatic rings. The molecule has 8 atom stereocenters. The van der Waals surface area contributed by atoms with Crippen molar-refractivity contribution in [2.75, 3.05) is 0 Å². The van der Waals surface area contributed by atoms with Crippen LogP contribution < -0.4 is 0 Å². The molecule has 0 spiro atoms. The van der Waals surface area contributed by atoms with Gasteiger partial charge in [-0.15, -0.1) is 0 Å². The lowest BCUT2D eigenvalue weighted by Crippen LogP contribution is -2.64. The van der Waals surface area contributed by atoms with E-state index in [1.807, 2.05) is 6.92 Å². The second kappa shape index (κ2) is 7.79. The fourth-order valence-electron chi connectivity index (χ4n) is 9.25. The minimum atomic E-state index is -0.765. The van der Waals surface area contributed by atoms with Crippen LogP contribution >= 0.6 is 0 Å². The number of hydrogen-bond acceptors (Lipinski definition) is 3. The third-order valence-electron chi connectivity index (χ3n) is 11.6. The lowest BCUT2D eigenvalue weighted by atomic mass is 9.38. The van der Waals surface area contributed by atoms with Gasteiger partial charge in [-0.2, -0.15) is 0 Å². The predicted molar refractivity (Wildman–Crippen MR) is 135 cm³/mol. The fourth-order valence-corrected chi connectivity index (χ4v) is 9.25. The molecule has 0 amide bonds. The van der Waals surface area contributed by atoms with Gasteiger partial charge in [0.25, 0.3) is 0 Å². The van der Waals surface area contributed by atoms with Gasteiger partial charge in [0.1, 0.15) is 5.78 Å². The molecule has 3 nitrogen and oxygen atoms in total. The highest BCUT2D eigenvalue weighted by atomic mass is 16.3. The summed E-state index contributed by atoms with van der Waals surface area (Å²) in [5.74, 6) is 1.08. The standard InChI is InChI=1S/C30H48O3/c1-19(2)10-9-16-29(7,33)22-15-17-27(5)23-13-11-20-21(12-14-24(31)26(20,3)4)30(23,8)25(32)18-28(22,27)6/h10-11,21-24,31,33H,9,12-18H2,1-8H3/t21?,22?,23?,24-,27-,28+,29-,30-/m0/s1. The number of allylic oxidation sites excluding steroid dienone is 3. The number of fused-ring (bicyclic) bond motifs is 5. The second-order valence-corrected chi connectivity index (χ2v) is 13.8. The van der Waals surface area contributed by atoms with Gasteiger partial charge >= 0.3 is 0 Å². The van der Waals surface area contributed by atoms with Gasteiger partial charge in [0.05, 0.1) is 11.7 Å². The summed E-state index contributed by atoms with van der Waals surface area (Å²) in [5.41, 5.74) is 1.08. The average Bonchev–Trinajstić information content (AvgIpc) is 2.96. The number of aliphatic hydroxyl groups excluding tert-OH is 1. The van der Waals surface area contributed by atoms with Crippen molar-refractivity contribution >= 4 is 5.78 Å². The molecule has 4 aliphatic carbocycles. The number of carbonyl (C=O) groups excluding carboxylic acids is 1. The minimum Gasteiger partial charge on any atom is -0.392 e. The Balaban J connectivity index is 1.71. The van der Waals surface area contributed by atoms with Crippen LogP contribution in [0.1, 0.15) is 107 Å². The van der Waals surface area contributed by atoms with Crippen LogP contribution in [0.25, 0.3) is 0 Å². The number of rotatable bonds is 4. The summed E-state index contributed by atoms with van der Waals surface area (Å²) in [6.07, 6.45) is 11.2. The molecule has 3 unspecified atom stereocenters. The molecule has 4 rings (SSSR count). The zero-order valence-corrected chi connectivity index (χ0v) is 22.4. The molecule has 0 aliphatic heterocycles. The SMILES string of the molecule is CC(C)=CCC[C@](C)(O)C1CC[C@@]2(C)C3CC=C4C(CC[C@H](O)C4(C)C)[C@]3(C)C(=O)C[C@]12C. The molecule has 0 aromatic heterocycles. The lowest BCUT2D eigenvalue weighted by Gasteiger charge is -2.65. The first kappa shape index (κ1) is 25.2. The maximum absolute atomic E-state index is 14.2. The van der Waals surface area contributed by atoms with Crippen molar-refractivity contribution < 1.29 is 15.0 Å². The van der Waals surface area contributed by atoms with E-state index in [1.165, 1.54) is 11.1 Å². The third-order valence-corrected chi connectivity index (χ3v) is 11.6. The summed E-state index contributed by atoms with van der Waals surface area (Å²) < 4.78 is 0. The van der Waals surface area contributed by atoms with E-state index >= 15 is 0 Å². The lowest BCUT2D eigenvalue weighted by molar-refractivity contribution is -0.179. The molecular formula is C30H48O3. The Morgan fingerprint density at radius 3 is 2.42 bits per heavy atom. The summed E-state index contributed by atoms with van der Waals surface area (Å²) >= 11 is 0. The Labute approximate surface area is 202 Å². The Morgan fingerprint density at radius 2 is 1.79 bits per heavy atom. The molecule has 0 heterocycles. The van der Waals surface area contributed by atoms with E-state index in [2.05, 4.69) is 60.6 Å². The van der Waals surface area contributed by atoms with Crippen LogP contribution in [0.4, 0.5) is 0 Å². The van der Waals surface area contributed by atoms with Gasteiger partial charge in [-0.3, -0.25) is 4.79 Å². The highest BCUT2D eigenvalue weighted by molar-refractivity contribution is 5.88. The van der Waals surface area contributed by atoms with Gasteiger partial charge in [0.2, 0.25) is 0 Å². The minimum absolute atomic E-state index is 0.0308. The maximum Gasteiger partial charge on any atom is 0.140 e. The van der Waals surface area contributed by atoms with E-state index < -0.39 is 5.60 Å². The van der Waals surface area contributed by atoms with Crippen LogP contribution in [-0.4, -0.2) is 27.7 Å². The molecule has 33 heavy (non-hydrogen) atoms. The molecule has 0 aromatic rings. The number of ketones is 1. The number of Topliss-reactive ketones (excluding diaryl/α,β-unsaturated/α-hetero) is 1. The summed E-state index contributed by atoms with van der Waals surface area (Å²) in [4.78, 5) is 14.2. The highest BCUT2D eigenvalue weighted by Crippen LogP contribution is 2.74. The smallest absolute Gasteiger partial charge is 0.140 e. The highest BCUT2D eigenvalue weighted by Gasteiger charge is 2.71. The summed E-state index contributed by atoms with van der Waals surface area (Å²) in [7, 11) is 0. The van der Waals surface area contributed by atoms with Crippen molar-refractivity contribution in [1.29, 1.82) is 0 Å². The van der Waals surface area contributed by atoms with Crippen LogP contribution in [-0.2, 0) is 4.79 Å². The molecule has 0 bridgehead atoms. The number of carbonyl (C=O) groups is 1. The van der Waals surface area contributed by atoms with Crippen LogP contribution in [0.5, 0.6) is 0 Å². The summed E-state index contributed by atoms with van der Waals surface area (Å²) in [5, 5.41) is 22.4. The Kier molecular flexibility index (Phi) is 5.94. The van der Waals surface area contributed by atoms with Crippen molar-refractivity contribution in [3.8, 4) is 0 Å². The Hall–Kier alpha value is -0.930. The van der Waals surface area contributed by atoms with E-state index in [0.717, 1.165) is 44.9 Å².